The molecule has 1 atom stereocenters. The average Bonchev–Trinajstić information content (AvgIpc) is 2.80. The van der Waals surface area contributed by atoms with Crippen molar-refractivity contribution >= 4 is 10.0 Å². The second kappa shape index (κ2) is 9.02. The van der Waals surface area contributed by atoms with E-state index in [2.05, 4.69) is 34.3 Å². The van der Waals surface area contributed by atoms with Crippen molar-refractivity contribution in [2.45, 2.75) is 43.5 Å². The van der Waals surface area contributed by atoms with E-state index in [4.69, 9.17) is 0 Å². The first-order valence-corrected chi connectivity index (χ1v) is 12.4. The topological polar surface area (TPSA) is 86.1 Å². The third-order valence-corrected chi connectivity index (χ3v) is 8.35. The van der Waals surface area contributed by atoms with Crippen molar-refractivity contribution in [3.63, 3.8) is 0 Å². The van der Waals surface area contributed by atoms with Crippen molar-refractivity contribution in [1.29, 1.82) is 0 Å². The van der Waals surface area contributed by atoms with E-state index in [1.807, 2.05) is 45.0 Å². The van der Waals surface area contributed by atoms with Gasteiger partial charge < -0.3 is 0 Å². The molecule has 0 amide bonds. The maximum Gasteiger partial charge on any atom is 0.243 e. The Morgan fingerprint density at radius 3 is 1.76 bits per heavy atom. The normalized spacial score (nSPS) is 18.5. The summed E-state index contributed by atoms with van der Waals surface area (Å²) in [5, 5.41) is 4.01. The number of benzene rings is 3. The molecule has 170 valence electrons. The monoisotopic (exact) mass is 460 g/mol. The quantitative estimate of drug-likeness (QED) is 0.279. The minimum atomic E-state index is -3.78. The number of piperidine rings is 1. The van der Waals surface area contributed by atoms with Crippen LogP contribution in [0.3, 0.4) is 0 Å². The van der Waals surface area contributed by atoms with Crippen LogP contribution in [0.1, 0.15) is 34.2 Å². The Morgan fingerprint density at radius 1 is 0.848 bits per heavy atom. The molecule has 0 bridgehead atoms. The average molecular weight is 461 g/mol. The number of aryl methyl sites for hydroxylation is 3. The summed E-state index contributed by atoms with van der Waals surface area (Å²) in [5.41, 5.74) is 13.9. The van der Waals surface area contributed by atoms with Crippen LogP contribution >= 0.6 is 0 Å². The summed E-state index contributed by atoms with van der Waals surface area (Å²) in [6.45, 7) is 6.40. The summed E-state index contributed by atoms with van der Waals surface area (Å²) in [6, 6.07) is 22.8. The molecule has 1 heterocycles. The predicted octanol–water partition coefficient (Wildman–Crippen LogP) is 5.67. The molecule has 4 rings (SSSR count). The first-order chi connectivity index (χ1) is 15.7. The summed E-state index contributed by atoms with van der Waals surface area (Å²) < 4.78 is 28.9. The largest absolute Gasteiger partial charge is 0.243 e. The van der Waals surface area contributed by atoms with E-state index in [1.165, 1.54) is 4.31 Å². The van der Waals surface area contributed by atoms with E-state index in [9.17, 15) is 13.9 Å². The van der Waals surface area contributed by atoms with Gasteiger partial charge in [-0.15, -0.1) is 0 Å². The maximum atomic E-state index is 13.7. The lowest BCUT2D eigenvalue weighted by Crippen LogP contribution is -2.53. The van der Waals surface area contributed by atoms with Gasteiger partial charge in [-0.1, -0.05) is 82.5 Å². The zero-order chi connectivity index (χ0) is 23.6. The fourth-order valence-corrected chi connectivity index (χ4v) is 6.19. The van der Waals surface area contributed by atoms with Crippen LogP contribution in [0.5, 0.6) is 0 Å². The van der Waals surface area contributed by atoms with Crippen molar-refractivity contribution in [2.75, 3.05) is 13.1 Å². The van der Waals surface area contributed by atoms with Crippen LogP contribution in [-0.4, -0.2) is 31.9 Å². The van der Waals surface area contributed by atoms with E-state index in [-0.39, 0.29) is 18.0 Å². The Morgan fingerprint density at radius 2 is 1.30 bits per heavy atom. The summed E-state index contributed by atoms with van der Waals surface area (Å²) in [4.78, 5) is 3.29. The van der Waals surface area contributed by atoms with Crippen molar-refractivity contribution in [1.82, 2.24) is 4.31 Å². The minimum Gasteiger partial charge on any atom is -0.207 e. The van der Waals surface area contributed by atoms with E-state index in [1.54, 1.807) is 24.3 Å². The number of hydrogen-bond acceptors (Lipinski definition) is 3. The molecule has 0 radical (unpaired) electrons. The van der Waals surface area contributed by atoms with Crippen LogP contribution in [0.2, 0.25) is 0 Å². The smallest absolute Gasteiger partial charge is 0.207 e. The Balaban J connectivity index is 1.89. The van der Waals surface area contributed by atoms with Gasteiger partial charge >= 0.3 is 0 Å². The second-order valence-electron chi connectivity index (χ2n) is 8.99. The molecule has 0 aliphatic carbocycles. The van der Waals surface area contributed by atoms with Crippen LogP contribution < -0.4 is 0 Å². The van der Waals surface area contributed by atoms with Gasteiger partial charge in [0.2, 0.25) is 10.0 Å². The lowest BCUT2D eigenvalue weighted by atomic mass is 9.68. The molecule has 1 aliphatic heterocycles. The molecule has 0 spiro atoms. The SMILES string of the molecule is Cc1ccc(C2(c3ccc(C)cc3)C[C@@H](N=[N+]=[N-])CN(S(=O)(=O)c3ccc(C)cc3)C2)cc1. The lowest BCUT2D eigenvalue weighted by molar-refractivity contribution is 0.233. The van der Waals surface area contributed by atoms with E-state index in [0.29, 0.717) is 6.42 Å². The van der Waals surface area contributed by atoms with Crippen LogP contribution in [0, 0.1) is 20.8 Å². The second-order valence-corrected chi connectivity index (χ2v) is 10.9. The van der Waals surface area contributed by atoms with Gasteiger partial charge in [0, 0.05) is 23.4 Å². The Kier molecular flexibility index (Phi) is 6.30. The van der Waals surface area contributed by atoms with Crippen LogP contribution in [0.15, 0.2) is 82.8 Å². The zero-order valence-corrected chi connectivity index (χ0v) is 20.0. The van der Waals surface area contributed by atoms with Crippen molar-refractivity contribution in [3.8, 4) is 0 Å². The van der Waals surface area contributed by atoms with Gasteiger partial charge in [-0.2, -0.15) is 4.31 Å². The van der Waals surface area contributed by atoms with Gasteiger partial charge in [0.05, 0.1) is 10.9 Å². The van der Waals surface area contributed by atoms with Crippen molar-refractivity contribution < 1.29 is 8.42 Å². The highest BCUT2D eigenvalue weighted by Gasteiger charge is 2.46. The van der Waals surface area contributed by atoms with Gasteiger partial charge in [-0.25, -0.2) is 8.42 Å². The highest BCUT2D eigenvalue weighted by atomic mass is 32.2. The predicted molar refractivity (Wildman–Crippen MR) is 131 cm³/mol. The molecule has 0 saturated carbocycles. The summed E-state index contributed by atoms with van der Waals surface area (Å²) in [7, 11) is -3.78. The number of nitrogens with zero attached hydrogens (tertiary/aromatic N) is 4. The summed E-state index contributed by atoms with van der Waals surface area (Å²) >= 11 is 0. The van der Waals surface area contributed by atoms with Crippen LogP contribution in [-0.2, 0) is 15.4 Å². The van der Waals surface area contributed by atoms with Crippen LogP contribution in [0.4, 0.5) is 0 Å². The Hall–Kier alpha value is -3.12. The van der Waals surface area contributed by atoms with Gasteiger partial charge in [0.25, 0.3) is 0 Å². The van der Waals surface area contributed by atoms with Crippen molar-refractivity contribution in [3.05, 3.63) is 111 Å². The zero-order valence-electron chi connectivity index (χ0n) is 19.1. The van der Waals surface area contributed by atoms with Gasteiger partial charge in [0.15, 0.2) is 0 Å². The van der Waals surface area contributed by atoms with Gasteiger partial charge in [-0.3, -0.25) is 0 Å². The molecule has 6 nitrogen and oxygen atoms in total. The maximum absolute atomic E-state index is 13.7. The minimum absolute atomic E-state index is 0.153. The molecule has 1 aliphatic rings. The Bertz CT molecular complexity index is 1230. The van der Waals surface area contributed by atoms with E-state index >= 15 is 0 Å². The first kappa shape index (κ1) is 23.1. The molecule has 1 fully saturated rings. The molecule has 0 unspecified atom stereocenters. The molecule has 3 aromatic rings. The molecule has 3 aromatic carbocycles. The Labute approximate surface area is 195 Å². The number of azide groups is 1. The number of rotatable bonds is 5. The van der Waals surface area contributed by atoms with Crippen molar-refractivity contribution in [2.24, 2.45) is 5.11 Å². The fourth-order valence-electron chi connectivity index (χ4n) is 4.65. The third-order valence-electron chi connectivity index (χ3n) is 6.53. The number of hydrogen-bond donors (Lipinski definition) is 0. The molecule has 33 heavy (non-hydrogen) atoms. The number of sulfonamides is 1. The van der Waals surface area contributed by atoms with E-state index in [0.717, 1.165) is 27.8 Å². The summed E-state index contributed by atoms with van der Waals surface area (Å²) in [5.74, 6) is 0. The highest BCUT2D eigenvalue weighted by molar-refractivity contribution is 7.89. The molecular weight excluding hydrogens is 432 g/mol. The standard InChI is InChI=1S/C26H28N4O2S/c1-19-4-10-22(11-5-19)26(23-12-6-20(2)7-13-23)16-24(28-29-27)17-30(18-26)33(31,32)25-14-8-21(3)9-15-25/h4-15,24H,16-18H2,1-3H3/t24-/m1/s1. The third kappa shape index (κ3) is 4.53. The van der Waals surface area contributed by atoms with E-state index < -0.39 is 21.5 Å². The summed E-state index contributed by atoms with van der Waals surface area (Å²) in [6.07, 6.45) is 0.531. The molecule has 1 saturated heterocycles. The van der Waals surface area contributed by atoms with Gasteiger partial charge in [-0.05, 0) is 56.0 Å². The van der Waals surface area contributed by atoms with Crippen LogP contribution in [0.25, 0.3) is 10.4 Å². The molecule has 0 aromatic heterocycles. The molecule has 0 N–H and O–H groups in total. The fraction of sp³-hybridized carbons (Fsp3) is 0.308. The molecule has 7 heteroatoms. The molecular formula is C26H28N4O2S. The highest BCUT2D eigenvalue weighted by Crippen LogP contribution is 2.43. The van der Waals surface area contributed by atoms with Gasteiger partial charge in [0.1, 0.15) is 0 Å². The lowest BCUT2D eigenvalue weighted by Gasteiger charge is -2.45. The first-order valence-electron chi connectivity index (χ1n) is 11.0.